The molecule has 11 rings (SSSR count). The third kappa shape index (κ3) is 7.07. The normalized spacial score (nSPS) is 12.8. The highest BCUT2D eigenvalue weighted by atomic mass is 15.2. The molecule has 0 N–H and O–H groups in total. The highest BCUT2D eigenvalue weighted by molar-refractivity contribution is 6.12. The Labute approximate surface area is 382 Å². The van der Waals surface area contributed by atoms with Crippen LogP contribution in [0.2, 0.25) is 0 Å². The molecule has 2 heterocycles. The number of benzene rings is 8. The van der Waals surface area contributed by atoms with Crippen molar-refractivity contribution in [3.8, 4) is 39.3 Å². The maximum Gasteiger partial charge on any atom is 0.145 e. The Morgan fingerprint density at radius 1 is 0.431 bits per heavy atom. The number of rotatable bonds is 8. The number of anilines is 2. The van der Waals surface area contributed by atoms with Gasteiger partial charge in [-0.2, -0.15) is 0 Å². The number of nitrogens with zero attached hydrogens (tertiary/aromatic N) is 4. The zero-order valence-corrected chi connectivity index (χ0v) is 38.0. The third-order valence-corrected chi connectivity index (χ3v) is 13.3. The van der Waals surface area contributed by atoms with E-state index in [9.17, 15) is 0 Å². The smallest absolute Gasteiger partial charge is 0.145 e. The molecule has 65 heavy (non-hydrogen) atoms. The number of aromatic nitrogens is 3. The van der Waals surface area contributed by atoms with E-state index < -0.39 is 0 Å². The SMILES string of the molecule is Cc1cc(C)c(-c2ccc3c(c2)c2cc(-c4c(C)cc(C)cc4C)ccc2n3C2=CC=C(N(c3ccccc3)c3ccc(-c4nc5ccccc5n4-c4ccccc4)cc3)CC2)c(C)c1. The average molecular weight is 841 g/mol. The maximum atomic E-state index is 5.15. The second kappa shape index (κ2) is 16.1. The molecule has 0 saturated carbocycles. The summed E-state index contributed by atoms with van der Waals surface area (Å²) in [6, 6.07) is 62.1. The number of aryl methyl sites for hydroxylation is 6. The van der Waals surface area contributed by atoms with Crippen LogP contribution in [-0.2, 0) is 0 Å². The van der Waals surface area contributed by atoms with Crippen LogP contribution in [-0.4, -0.2) is 14.1 Å². The minimum Gasteiger partial charge on any atom is -0.314 e. The van der Waals surface area contributed by atoms with E-state index in [0.29, 0.717) is 0 Å². The van der Waals surface area contributed by atoms with Gasteiger partial charge in [-0.05, 0) is 196 Å². The van der Waals surface area contributed by atoms with Crippen LogP contribution in [0.15, 0.2) is 188 Å². The van der Waals surface area contributed by atoms with E-state index in [0.717, 1.165) is 52.3 Å². The van der Waals surface area contributed by atoms with Gasteiger partial charge in [-0.15, -0.1) is 0 Å². The first-order chi connectivity index (χ1) is 31.7. The molecule has 0 bridgehead atoms. The summed E-state index contributed by atoms with van der Waals surface area (Å²) in [5.41, 5.74) is 24.6. The molecular formula is C61H52N4. The van der Waals surface area contributed by atoms with Crippen molar-refractivity contribution < 1.29 is 0 Å². The van der Waals surface area contributed by atoms with Crippen molar-refractivity contribution in [1.82, 2.24) is 14.1 Å². The summed E-state index contributed by atoms with van der Waals surface area (Å²) in [5.74, 6) is 0.929. The maximum absolute atomic E-state index is 5.15. The summed E-state index contributed by atoms with van der Waals surface area (Å²) in [6.45, 7) is 13.4. The second-order valence-corrected chi connectivity index (χ2v) is 18.0. The van der Waals surface area contributed by atoms with Crippen LogP contribution >= 0.6 is 0 Å². The number of para-hydroxylation sites is 4. The summed E-state index contributed by atoms with van der Waals surface area (Å²) in [4.78, 5) is 7.56. The van der Waals surface area contributed by atoms with Gasteiger partial charge in [-0.25, -0.2) is 4.98 Å². The summed E-state index contributed by atoms with van der Waals surface area (Å²) in [6.07, 6.45) is 6.47. The predicted molar refractivity (Wildman–Crippen MR) is 275 cm³/mol. The molecule has 1 aliphatic rings. The Morgan fingerprint density at radius 2 is 0.938 bits per heavy atom. The van der Waals surface area contributed by atoms with Gasteiger partial charge in [0.05, 0.1) is 22.1 Å². The quantitative estimate of drug-likeness (QED) is 0.152. The number of hydrogen-bond donors (Lipinski definition) is 0. The Kier molecular flexibility index (Phi) is 9.96. The molecule has 10 aromatic rings. The van der Waals surface area contributed by atoms with Crippen molar-refractivity contribution in [3.63, 3.8) is 0 Å². The molecular weight excluding hydrogens is 789 g/mol. The van der Waals surface area contributed by atoms with Crippen LogP contribution in [0.5, 0.6) is 0 Å². The van der Waals surface area contributed by atoms with Gasteiger partial charge in [-0.3, -0.25) is 4.57 Å². The first kappa shape index (κ1) is 40.1. The van der Waals surface area contributed by atoms with Crippen molar-refractivity contribution in [2.24, 2.45) is 0 Å². The first-order valence-electron chi connectivity index (χ1n) is 22.8. The van der Waals surface area contributed by atoms with E-state index in [1.54, 1.807) is 0 Å². The van der Waals surface area contributed by atoms with E-state index in [2.05, 4.69) is 238 Å². The predicted octanol–water partition coefficient (Wildman–Crippen LogP) is 16.3. The standard InChI is InChI=1S/C61H52N4/c1-39-33-41(3)59(42(4)34-39)46-23-31-56-53(37-46)54-38-47(60-43(5)35-40(2)36-44(60)6)24-32-57(54)64(56)52-29-27-51(28-30-52)63(48-15-9-7-10-16-48)50-25-21-45(22-26-50)61-62-55-19-13-14-20-58(55)65(61)49-17-11-8-12-18-49/h7-27,29,31-38H,28,30H2,1-6H3. The number of imidazole rings is 1. The molecule has 1 aliphatic carbocycles. The van der Waals surface area contributed by atoms with Gasteiger partial charge in [0.2, 0.25) is 0 Å². The van der Waals surface area contributed by atoms with Crippen LogP contribution in [0.25, 0.3) is 77.9 Å². The minimum absolute atomic E-state index is 0.882. The molecule has 0 saturated heterocycles. The van der Waals surface area contributed by atoms with Gasteiger partial charge in [0, 0.05) is 44.8 Å². The minimum atomic E-state index is 0.882. The zero-order chi connectivity index (χ0) is 44.3. The van der Waals surface area contributed by atoms with Gasteiger partial charge in [0.15, 0.2) is 0 Å². The number of fused-ring (bicyclic) bond motifs is 4. The van der Waals surface area contributed by atoms with E-state index in [-0.39, 0.29) is 0 Å². The molecule has 8 aromatic carbocycles. The van der Waals surface area contributed by atoms with Crippen molar-refractivity contribution in [2.75, 3.05) is 4.90 Å². The summed E-state index contributed by atoms with van der Waals surface area (Å²) >= 11 is 0. The Balaban J connectivity index is 1.02. The van der Waals surface area contributed by atoms with Crippen LogP contribution < -0.4 is 4.90 Å². The third-order valence-electron chi connectivity index (χ3n) is 13.3. The average Bonchev–Trinajstić information content (AvgIpc) is 3.86. The zero-order valence-electron chi connectivity index (χ0n) is 38.0. The molecule has 0 aliphatic heterocycles. The molecule has 4 nitrogen and oxygen atoms in total. The lowest BCUT2D eigenvalue weighted by Gasteiger charge is -2.30. The highest BCUT2D eigenvalue weighted by Crippen LogP contribution is 2.43. The van der Waals surface area contributed by atoms with Crippen LogP contribution in [0, 0.1) is 41.5 Å². The van der Waals surface area contributed by atoms with Gasteiger partial charge in [0.1, 0.15) is 5.82 Å². The number of hydrogen-bond acceptors (Lipinski definition) is 2. The fourth-order valence-electron chi connectivity index (χ4n) is 10.8. The Hall–Kier alpha value is -7.69. The lowest BCUT2D eigenvalue weighted by atomic mass is 9.91. The Morgan fingerprint density at radius 3 is 1.49 bits per heavy atom. The molecule has 0 amide bonds. The van der Waals surface area contributed by atoms with E-state index in [4.69, 9.17) is 4.98 Å². The first-order valence-corrected chi connectivity index (χ1v) is 22.8. The van der Waals surface area contributed by atoms with Crippen LogP contribution in [0.4, 0.5) is 11.4 Å². The number of allylic oxidation sites excluding steroid dienone is 4. The fraction of sp³-hybridized carbons (Fsp3) is 0.131. The molecule has 0 atom stereocenters. The largest absolute Gasteiger partial charge is 0.314 e. The molecule has 2 aromatic heterocycles. The van der Waals surface area contributed by atoms with E-state index in [1.165, 1.54) is 88.8 Å². The lowest BCUT2D eigenvalue weighted by Crippen LogP contribution is -2.18. The second-order valence-electron chi connectivity index (χ2n) is 18.0. The molecule has 0 fully saturated rings. The van der Waals surface area contributed by atoms with E-state index in [1.807, 2.05) is 0 Å². The van der Waals surface area contributed by atoms with Crippen LogP contribution in [0.3, 0.4) is 0 Å². The molecule has 0 radical (unpaired) electrons. The lowest BCUT2D eigenvalue weighted by molar-refractivity contribution is 0.895. The van der Waals surface area contributed by atoms with Crippen molar-refractivity contribution in [1.29, 1.82) is 0 Å². The summed E-state index contributed by atoms with van der Waals surface area (Å²) < 4.78 is 4.79. The van der Waals surface area contributed by atoms with Gasteiger partial charge < -0.3 is 9.47 Å². The topological polar surface area (TPSA) is 26.0 Å². The molecule has 4 heteroatoms. The van der Waals surface area contributed by atoms with Gasteiger partial charge in [0.25, 0.3) is 0 Å². The molecule has 0 unspecified atom stereocenters. The Bertz CT molecular complexity index is 3370. The van der Waals surface area contributed by atoms with Gasteiger partial charge >= 0.3 is 0 Å². The van der Waals surface area contributed by atoms with E-state index >= 15 is 0 Å². The molecule has 0 spiro atoms. The highest BCUT2D eigenvalue weighted by Gasteiger charge is 2.23. The van der Waals surface area contributed by atoms with Gasteiger partial charge in [-0.1, -0.05) is 96.1 Å². The monoisotopic (exact) mass is 840 g/mol. The summed E-state index contributed by atoms with van der Waals surface area (Å²) in [5, 5.41) is 2.56. The van der Waals surface area contributed by atoms with Crippen molar-refractivity contribution >= 4 is 49.9 Å². The van der Waals surface area contributed by atoms with Crippen molar-refractivity contribution in [3.05, 3.63) is 221 Å². The molecule has 316 valence electrons. The van der Waals surface area contributed by atoms with Crippen LogP contribution in [0.1, 0.15) is 46.2 Å². The fourth-order valence-corrected chi connectivity index (χ4v) is 10.8. The van der Waals surface area contributed by atoms with Crippen molar-refractivity contribution in [2.45, 2.75) is 54.4 Å². The summed E-state index contributed by atoms with van der Waals surface area (Å²) in [7, 11) is 0.